The maximum atomic E-state index is 5.62. The Kier molecular flexibility index (Phi) is 2.52. The van der Waals surface area contributed by atoms with Crippen molar-refractivity contribution in [2.45, 2.75) is 27.2 Å². The normalized spacial score (nSPS) is 12.0. The van der Waals surface area contributed by atoms with Gasteiger partial charge in [-0.25, -0.2) is 0 Å². The second kappa shape index (κ2) is 3.27. The lowest BCUT2D eigenvalue weighted by Gasteiger charge is -2.21. The summed E-state index contributed by atoms with van der Waals surface area (Å²) < 4.78 is 4.96. The minimum atomic E-state index is 0.135. The minimum Gasteiger partial charge on any atom is -0.361 e. The van der Waals surface area contributed by atoms with Crippen molar-refractivity contribution in [3.8, 4) is 0 Å². The maximum Gasteiger partial charge on any atom is 0.136 e. The molecule has 0 aliphatic heterocycles. The van der Waals surface area contributed by atoms with E-state index in [2.05, 4.69) is 19.0 Å². The number of aromatic nitrogens is 1. The number of nitrogens with two attached hydrogens (primary N) is 1. The van der Waals surface area contributed by atoms with Crippen molar-refractivity contribution in [3.63, 3.8) is 0 Å². The van der Waals surface area contributed by atoms with E-state index in [0.29, 0.717) is 6.54 Å². The first-order chi connectivity index (χ1) is 5.55. The molecule has 0 spiro atoms. The van der Waals surface area contributed by atoms with Crippen LogP contribution in [0.1, 0.15) is 25.2 Å². The molecule has 68 valence electrons. The van der Waals surface area contributed by atoms with E-state index >= 15 is 0 Å². The number of hydrogen-bond acceptors (Lipinski definition) is 3. The Morgan fingerprint density at radius 3 is 2.67 bits per heavy atom. The van der Waals surface area contributed by atoms with Crippen LogP contribution in [-0.4, -0.2) is 11.7 Å². The molecule has 12 heavy (non-hydrogen) atoms. The molecule has 0 radical (unpaired) electrons. The molecular weight excluding hydrogens is 152 g/mol. The van der Waals surface area contributed by atoms with Gasteiger partial charge < -0.3 is 10.3 Å². The molecule has 1 heterocycles. The lowest BCUT2D eigenvalue weighted by molar-refractivity contribution is 0.367. The van der Waals surface area contributed by atoms with Crippen LogP contribution in [0.25, 0.3) is 0 Å². The van der Waals surface area contributed by atoms with Gasteiger partial charge in [-0.15, -0.1) is 0 Å². The first kappa shape index (κ1) is 9.26. The van der Waals surface area contributed by atoms with Crippen molar-refractivity contribution in [2.75, 3.05) is 6.54 Å². The molecule has 0 aliphatic rings. The van der Waals surface area contributed by atoms with Crippen molar-refractivity contribution in [1.29, 1.82) is 0 Å². The zero-order valence-corrected chi connectivity index (χ0v) is 7.92. The Balaban J connectivity index is 2.70. The molecular formula is C9H16N2O. The fraction of sp³-hybridized carbons (Fsp3) is 0.667. The SMILES string of the molecule is Cc1oncc1CC(C)(C)CN. The van der Waals surface area contributed by atoms with E-state index in [9.17, 15) is 0 Å². The Morgan fingerprint density at radius 1 is 1.58 bits per heavy atom. The van der Waals surface area contributed by atoms with E-state index in [4.69, 9.17) is 10.3 Å². The minimum absolute atomic E-state index is 0.135. The van der Waals surface area contributed by atoms with Gasteiger partial charge in [-0.2, -0.15) is 0 Å². The second-order valence-corrected chi connectivity index (χ2v) is 3.95. The predicted molar refractivity (Wildman–Crippen MR) is 47.8 cm³/mol. The van der Waals surface area contributed by atoms with Gasteiger partial charge >= 0.3 is 0 Å². The van der Waals surface area contributed by atoms with Gasteiger partial charge in [0, 0.05) is 5.56 Å². The van der Waals surface area contributed by atoms with Gasteiger partial charge in [-0.1, -0.05) is 19.0 Å². The average molecular weight is 168 g/mol. The maximum absolute atomic E-state index is 5.62. The van der Waals surface area contributed by atoms with Crippen molar-refractivity contribution in [3.05, 3.63) is 17.5 Å². The van der Waals surface area contributed by atoms with Crippen LogP contribution >= 0.6 is 0 Å². The summed E-state index contributed by atoms with van der Waals surface area (Å²) in [4.78, 5) is 0. The standard InChI is InChI=1S/C9H16N2O/c1-7-8(5-11-12-7)4-9(2,3)6-10/h5H,4,6,10H2,1-3H3. The molecule has 0 amide bonds. The van der Waals surface area contributed by atoms with Gasteiger partial charge in [-0.3, -0.25) is 0 Å². The Hall–Kier alpha value is -0.830. The van der Waals surface area contributed by atoms with E-state index in [1.807, 2.05) is 6.92 Å². The molecule has 0 saturated heterocycles. The van der Waals surface area contributed by atoms with E-state index < -0.39 is 0 Å². The highest BCUT2D eigenvalue weighted by Crippen LogP contribution is 2.21. The summed E-state index contributed by atoms with van der Waals surface area (Å²) in [6, 6.07) is 0. The largest absolute Gasteiger partial charge is 0.361 e. The van der Waals surface area contributed by atoms with E-state index in [0.717, 1.165) is 17.7 Å². The molecule has 3 heteroatoms. The third-order valence-electron chi connectivity index (χ3n) is 2.07. The third kappa shape index (κ3) is 2.08. The molecule has 3 nitrogen and oxygen atoms in total. The summed E-state index contributed by atoms with van der Waals surface area (Å²) in [5.41, 5.74) is 6.91. The smallest absolute Gasteiger partial charge is 0.136 e. The van der Waals surface area contributed by atoms with Gasteiger partial charge in [-0.05, 0) is 25.3 Å². The highest BCUT2D eigenvalue weighted by Gasteiger charge is 2.18. The molecule has 0 saturated carbocycles. The molecule has 0 fully saturated rings. The van der Waals surface area contributed by atoms with E-state index in [1.165, 1.54) is 0 Å². The van der Waals surface area contributed by atoms with Gasteiger partial charge in [0.05, 0.1) is 6.20 Å². The van der Waals surface area contributed by atoms with Crippen molar-refractivity contribution in [1.82, 2.24) is 5.16 Å². The van der Waals surface area contributed by atoms with Crippen molar-refractivity contribution in [2.24, 2.45) is 11.1 Å². The fourth-order valence-electron chi connectivity index (χ4n) is 1.08. The Labute approximate surface area is 72.9 Å². The van der Waals surface area contributed by atoms with E-state index in [-0.39, 0.29) is 5.41 Å². The monoisotopic (exact) mass is 168 g/mol. The Morgan fingerprint density at radius 2 is 2.25 bits per heavy atom. The van der Waals surface area contributed by atoms with Crippen molar-refractivity contribution >= 4 is 0 Å². The molecule has 0 aliphatic carbocycles. The predicted octanol–water partition coefficient (Wildman–Crippen LogP) is 1.51. The van der Waals surface area contributed by atoms with Crippen LogP contribution in [0.15, 0.2) is 10.7 Å². The van der Waals surface area contributed by atoms with Gasteiger partial charge in [0.25, 0.3) is 0 Å². The number of rotatable bonds is 3. The lowest BCUT2D eigenvalue weighted by Crippen LogP contribution is -2.25. The van der Waals surface area contributed by atoms with E-state index in [1.54, 1.807) is 6.20 Å². The zero-order chi connectivity index (χ0) is 9.19. The second-order valence-electron chi connectivity index (χ2n) is 3.95. The van der Waals surface area contributed by atoms with Crippen LogP contribution in [0.4, 0.5) is 0 Å². The summed E-state index contributed by atoms with van der Waals surface area (Å²) >= 11 is 0. The van der Waals surface area contributed by atoms with Crippen LogP contribution in [-0.2, 0) is 6.42 Å². The summed E-state index contributed by atoms with van der Waals surface area (Å²) in [7, 11) is 0. The molecule has 1 aromatic heterocycles. The summed E-state index contributed by atoms with van der Waals surface area (Å²) in [6.07, 6.45) is 2.70. The van der Waals surface area contributed by atoms with Crippen molar-refractivity contribution < 1.29 is 4.52 Å². The van der Waals surface area contributed by atoms with Crippen LogP contribution in [0.5, 0.6) is 0 Å². The number of nitrogens with zero attached hydrogens (tertiary/aromatic N) is 1. The molecule has 0 unspecified atom stereocenters. The van der Waals surface area contributed by atoms with Gasteiger partial charge in [0.1, 0.15) is 5.76 Å². The van der Waals surface area contributed by atoms with Crippen LogP contribution < -0.4 is 5.73 Å². The molecule has 0 aromatic carbocycles. The third-order valence-corrected chi connectivity index (χ3v) is 2.07. The topological polar surface area (TPSA) is 52.0 Å². The molecule has 1 rings (SSSR count). The molecule has 1 aromatic rings. The zero-order valence-electron chi connectivity index (χ0n) is 7.92. The van der Waals surface area contributed by atoms with Crippen LogP contribution in [0.2, 0.25) is 0 Å². The fourth-order valence-corrected chi connectivity index (χ4v) is 1.08. The first-order valence-electron chi connectivity index (χ1n) is 4.15. The first-order valence-corrected chi connectivity index (χ1v) is 4.15. The van der Waals surface area contributed by atoms with Crippen LogP contribution in [0.3, 0.4) is 0 Å². The Bertz CT molecular complexity index is 253. The van der Waals surface area contributed by atoms with Crippen LogP contribution in [0, 0.1) is 12.3 Å². The molecule has 2 N–H and O–H groups in total. The highest BCUT2D eigenvalue weighted by atomic mass is 16.5. The number of aryl methyl sites for hydroxylation is 1. The van der Waals surface area contributed by atoms with Gasteiger partial charge in [0.2, 0.25) is 0 Å². The quantitative estimate of drug-likeness (QED) is 0.744. The molecule has 0 bridgehead atoms. The average Bonchev–Trinajstić information content (AvgIpc) is 2.36. The number of hydrogen-bond donors (Lipinski definition) is 1. The summed E-state index contributed by atoms with van der Waals surface area (Å²) in [5, 5.41) is 3.72. The summed E-state index contributed by atoms with van der Waals surface area (Å²) in [5.74, 6) is 0.900. The van der Waals surface area contributed by atoms with Gasteiger partial charge in [0.15, 0.2) is 0 Å². The lowest BCUT2D eigenvalue weighted by atomic mass is 9.86. The highest BCUT2D eigenvalue weighted by molar-refractivity contribution is 5.13. The summed E-state index contributed by atoms with van der Waals surface area (Å²) in [6.45, 7) is 6.88. The molecule has 0 atom stereocenters.